The fourth-order valence-electron chi connectivity index (χ4n) is 1.47. The highest BCUT2D eigenvalue weighted by Crippen LogP contribution is 2.29. The SMILES string of the molecule is C=C(Br)C[C@H](NC(=O)c1ccc(C(F)(F)F)cc1)C(=O)O. The van der Waals surface area contributed by atoms with Gasteiger partial charge in [0, 0.05) is 12.0 Å². The van der Waals surface area contributed by atoms with Gasteiger partial charge >= 0.3 is 12.1 Å². The molecule has 1 aromatic carbocycles. The summed E-state index contributed by atoms with van der Waals surface area (Å²) in [5, 5.41) is 11.2. The van der Waals surface area contributed by atoms with Crippen molar-refractivity contribution in [2.45, 2.75) is 18.6 Å². The fraction of sp³-hybridized carbons (Fsp3) is 0.231. The number of amides is 1. The van der Waals surface area contributed by atoms with E-state index in [4.69, 9.17) is 5.11 Å². The van der Waals surface area contributed by atoms with Gasteiger partial charge in [0.1, 0.15) is 6.04 Å². The van der Waals surface area contributed by atoms with Crippen LogP contribution < -0.4 is 5.32 Å². The molecule has 21 heavy (non-hydrogen) atoms. The van der Waals surface area contributed by atoms with Crippen molar-refractivity contribution in [3.63, 3.8) is 0 Å². The summed E-state index contributed by atoms with van der Waals surface area (Å²) in [7, 11) is 0. The summed E-state index contributed by atoms with van der Waals surface area (Å²) in [5.41, 5.74) is -0.947. The van der Waals surface area contributed by atoms with Gasteiger partial charge in [0.15, 0.2) is 0 Å². The smallest absolute Gasteiger partial charge is 0.416 e. The van der Waals surface area contributed by atoms with E-state index in [9.17, 15) is 22.8 Å². The minimum Gasteiger partial charge on any atom is -0.480 e. The van der Waals surface area contributed by atoms with E-state index in [-0.39, 0.29) is 12.0 Å². The average Bonchev–Trinajstić information content (AvgIpc) is 2.36. The number of nitrogens with one attached hydrogen (secondary N) is 1. The molecule has 0 bridgehead atoms. The molecule has 0 saturated heterocycles. The van der Waals surface area contributed by atoms with E-state index in [1.165, 1.54) is 0 Å². The minimum absolute atomic E-state index is 0.0400. The number of benzene rings is 1. The lowest BCUT2D eigenvalue weighted by Gasteiger charge is -2.14. The van der Waals surface area contributed by atoms with Crippen molar-refractivity contribution in [3.8, 4) is 0 Å². The molecule has 0 saturated carbocycles. The van der Waals surface area contributed by atoms with Crippen molar-refractivity contribution >= 4 is 27.8 Å². The van der Waals surface area contributed by atoms with Crippen molar-refractivity contribution < 1.29 is 27.9 Å². The Morgan fingerprint density at radius 3 is 2.19 bits per heavy atom. The van der Waals surface area contributed by atoms with Crippen molar-refractivity contribution in [3.05, 3.63) is 46.5 Å². The van der Waals surface area contributed by atoms with E-state index in [0.29, 0.717) is 4.48 Å². The molecule has 0 aliphatic heterocycles. The molecule has 4 nitrogen and oxygen atoms in total. The second-order valence-corrected chi connectivity index (χ2v) is 5.28. The summed E-state index contributed by atoms with van der Waals surface area (Å²) in [6.07, 6.45) is -4.53. The molecule has 2 N–H and O–H groups in total. The Kier molecular flexibility index (Phi) is 5.54. The fourth-order valence-corrected chi connectivity index (χ4v) is 1.80. The van der Waals surface area contributed by atoms with Crippen LogP contribution in [0.3, 0.4) is 0 Å². The molecule has 1 aromatic rings. The number of carboxylic acid groups (broad SMARTS) is 1. The Morgan fingerprint density at radius 2 is 1.81 bits per heavy atom. The number of hydrogen-bond donors (Lipinski definition) is 2. The van der Waals surface area contributed by atoms with E-state index in [2.05, 4.69) is 27.8 Å². The maximum Gasteiger partial charge on any atom is 0.416 e. The van der Waals surface area contributed by atoms with Gasteiger partial charge in [-0.05, 0) is 28.7 Å². The van der Waals surface area contributed by atoms with Crippen molar-refractivity contribution in [1.82, 2.24) is 5.32 Å². The van der Waals surface area contributed by atoms with Crippen molar-refractivity contribution in [1.29, 1.82) is 0 Å². The molecule has 0 heterocycles. The monoisotopic (exact) mass is 365 g/mol. The molecule has 0 spiro atoms. The van der Waals surface area contributed by atoms with E-state index >= 15 is 0 Å². The third-order valence-electron chi connectivity index (χ3n) is 2.50. The summed E-state index contributed by atoms with van der Waals surface area (Å²) in [5.74, 6) is -2.04. The zero-order valence-corrected chi connectivity index (χ0v) is 12.2. The Hall–Kier alpha value is -1.83. The number of aliphatic carboxylic acids is 1. The van der Waals surface area contributed by atoms with Gasteiger partial charge in [0.25, 0.3) is 5.91 Å². The molecule has 0 radical (unpaired) electrons. The topological polar surface area (TPSA) is 66.4 Å². The number of halogens is 4. The summed E-state index contributed by atoms with van der Waals surface area (Å²) in [6, 6.07) is 2.27. The van der Waals surface area contributed by atoms with Crippen LogP contribution in [-0.2, 0) is 11.0 Å². The highest BCUT2D eigenvalue weighted by molar-refractivity contribution is 9.11. The van der Waals surface area contributed by atoms with E-state index < -0.39 is 29.7 Å². The van der Waals surface area contributed by atoms with Crippen molar-refractivity contribution in [2.75, 3.05) is 0 Å². The number of carbonyl (C=O) groups excluding carboxylic acids is 1. The van der Waals surface area contributed by atoms with Crippen LogP contribution in [0, 0.1) is 0 Å². The summed E-state index contributed by atoms with van der Waals surface area (Å²) in [6.45, 7) is 3.47. The normalized spacial score (nSPS) is 12.6. The molecular formula is C13H11BrF3NO3. The van der Waals surface area contributed by atoms with Gasteiger partial charge in [-0.1, -0.05) is 22.5 Å². The lowest BCUT2D eigenvalue weighted by atomic mass is 10.1. The van der Waals surface area contributed by atoms with Crippen LogP contribution >= 0.6 is 15.9 Å². The number of carboxylic acids is 1. The summed E-state index contributed by atoms with van der Waals surface area (Å²) in [4.78, 5) is 22.8. The third-order valence-corrected chi connectivity index (χ3v) is 2.83. The first kappa shape index (κ1) is 17.2. The number of rotatable bonds is 5. The first-order valence-electron chi connectivity index (χ1n) is 5.65. The Bertz CT molecular complexity index is 555. The van der Waals surface area contributed by atoms with Gasteiger partial charge < -0.3 is 10.4 Å². The molecule has 114 valence electrons. The van der Waals surface area contributed by atoms with Crippen LogP contribution in [0.2, 0.25) is 0 Å². The predicted molar refractivity (Wildman–Crippen MR) is 73.0 cm³/mol. The van der Waals surface area contributed by atoms with Crippen molar-refractivity contribution in [2.24, 2.45) is 0 Å². The van der Waals surface area contributed by atoms with E-state index in [1.54, 1.807) is 0 Å². The zero-order valence-electron chi connectivity index (χ0n) is 10.6. The van der Waals surface area contributed by atoms with Gasteiger partial charge in [0.2, 0.25) is 0 Å². The van der Waals surface area contributed by atoms with Gasteiger partial charge in [-0.2, -0.15) is 13.2 Å². The van der Waals surface area contributed by atoms with E-state index in [0.717, 1.165) is 24.3 Å². The quantitative estimate of drug-likeness (QED) is 0.841. The second-order valence-electron chi connectivity index (χ2n) is 4.16. The number of carbonyl (C=O) groups is 2. The Morgan fingerprint density at radius 1 is 1.29 bits per heavy atom. The number of hydrogen-bond acceptors (Lipinski definition) is 2. The first-order chi connectivity index (χ1) is 9.61. The molecule has 1 atom stereocenters. The van der Waals surface area contributed by atoms with Crippen LogP contribution in [0.1, 0.15) is 22.3 Å². The lowest BCUT2D eigenvalue weighted by molar-refractivity contribution is -0.139. The molecule has 0 aromatic heterocycles. The zero-order chi connectivity index (χ0) is 16.2. The molecule has 1 rings (SSSR count). The van der Waals surface area contributed by atoms with Crippen LogP contribution in [0.15, 0.2) is 35.3 Å². The summed E-state index contributed by atoms with van der Waals surface area (Å²) < 4.78 is 37.5. The predicted octanol–water partition coefficient (Wildman–Crippen LogP) is 3.19. The number of alkyl halides is 3. The van der Waals surface area contributed by atoms with Crippen LogP contribution in [0.25, 0.3) is 0 Å². The third kappa shape index (κ3) is 5.22. The molecule has 8 heteroatoms. The Labute approximate surface area is 126 Å². The largest absolute Gasteiger partial charge is 0.480 e. The maximum atomic E-state index is 12.4. The van der Waals surface area contributed by atoms with Gasteiger partial charge in [0.05, 0.1) is 5.56 Å². The first-order valence-corrected chi connectivity index (χ1v) is 6.44. The standard InChI is InChI=1S/C13H11BrF3NO3/c1-7(14)6-10(12(20)21)18-11(19)8-2-4-9(5-3-8)13(15,16)17/h2-5,10H,1,6H2,(H,18,19)(H,20,21)/t10-/m0/s1. The van der Waals surface area contributed by atoms with Crippen LogP contribution in [-0.4, -0.2) is 23.0 Å². The minimum atomic E-state index is -4.49. The molecule has 0 aliphatic rings. The molecule has 1 amide bonds. The molecule has 0 unspecified atom stereocenters. The van der Waals surface area contributed by atoms with Gasteiger partial charge in [-0.3, -0.25) is 4.79 Å². The molecule has 0 fully saturated rings. The molecular weight excluding hydrogens is 355 g/mol. The lowest BCUT2D eigenvalue weighted by Crippen LogP contribution is -2.40. The maximum absolute atomic E-state index is 12.4. The highest BCUT2D eigenvalue weighted by atomic mass is 79.9. The van der Waals surface area contributed by atoms with Crippen LogP contribution in [0.5, 0.6) is 0 Å². The summed E-state index contributed by atoms with van der Waals surface area (Å²) >= 11 is 2.99. The highest BCUT2D eigenvalue weighted by Gasteiger charge is 2.30. The van der Waals surface area contributed by atoms with Gasteiger partial charge in [-0.25, -0.2) is 4.79 Å². The Balaban J connectivity index is 2.83. The van der Waals surface area contributed by atoms with Crippen LogP contribution in [0.4, 0.5) is 13.2 Å². The molecule has 0 aliphatic carbocycles. The average molecular weight is 366 g/mol. The van der Waals surface area contributed by atoms with E-state index in [1.807, 2.05) is 0 Å². The van der Waals surface area contributed by atoms with Gasteiger partial charge in [-0.15, -0.1) is 0 Å². The second kappa shape index (κ2) is 6.75.